The molecule has 1 aliphatic rings. The van der Waals surface area contributed by atoms with Crippen LogP contribution in [-0.4, -0.2) is 17.6 Å². The second-order valence-corrected chi connectivity index (χ2v) is 3.06. The van der Waals surface area contributed by atoms with Gasteiger partial charge < -0.3 is 4.84 Å². The van der Waals surface area contributed by atoms with Crippen molar-refractivity contribution in [3.8, 4) is 0 Å². The van der Waals surface area contributed by atoms with Crippen molar-refractivity contribution in [2.75, 3.05) is 6.54 Å². The lowest BCUT2D eigenvalue weighted by Gasteiger charge is -2.11. The van der Waals surface area contributed by atoms with Gasteiger partial charge in [-0.25, -0.2) is 0 Å². The van der Waals surface area contributed by atoms with Crippen molar-refractivity contribution in [1.82, 2.24) is 5.06 Å². The molecule has 0 aromatic heterocycles. The van der Waals surface area contributed by atoms with Gasteiger partial charge in [-0.05, 0) is 5.56 Å². The summed E-state index contributed by atoms with van der Waals surface area (Å²) in [6.07, 6.45) is 0.507. The molecule has 0 spiro atoms. The van der Waals surface area contributed by atoms with Gasteiger partial charge in [0, 0.05) is 6.54 Å². The molecule has 3 heteroatoms. The third-order valence-electron chi connectivity index (χ3n) is 2.00. The van der Waals surface area contributed by atoms with E-state index in [1.165, 1.54) is 0 Å². The van der Waals surface area contributed by atoms with E-state index in [-0.39, 0.29) is 5.97 Å². The second kappa shape index (κ2) is 3.58. The van der Waals surface area contributed by atoms with Crippen LogP contribution < -0.4 is 0 Å². The van der Waals surface area contributed by atoms with Crippen molar-refractivity contribution >= 4 is 5.97 Å². The molecule has 0 bridgehead atoms. The fourth-order valence-electron chi connectivity index (χ4n) is 1.35. The summed E-state index contributed by atoms with van der Waals surface area (Å²) in [6, 6.07) is 9.97. The average Bonchev–Trinajstić information content (AvgIpc) is 2.53. The van der Waals surface area contributed by atoms with Gasteiger partial charge in [-0.2, -0.15) is 0 Å². The van der Waals surface area contributed by atoms with Gasteiger partial charge >= 0.3 is 5.97 Å². The fraction of sp³-hybridized carbons (Fsp3) is 0.300. The normalized spacial score (nSPS) is 17.4. The smallest absolute Gasteiger partial charge is 0.326 e. The molecule has 13 heavy (non-hydrogen) atoms. The van der Waals surface area contributed by atoms with Crippen LogP contribution in [0, 0.1) is 0 Å². The van der Waals surface area contributed by atoms with Gasteiger partial charge in [-0.1, -0.05) is 30.3 Å². The van der Waals surface area contributed by atoms with E-state index in [1.54, 1.807) is 5.06 Å². The van der Waals surface area contributed by atoms with E-state index in [1.807, 2.05) is 30.3 Å². The van der Waals surface area contributed by atoms with Crippen LogP contribution in [0.2, 0.25) is 0 Å². The summed E-state index contributed by atoms with van der Waals surface area (Å²) in [5.41, 5.74) is 1.16. The topological polar surface area (TPSA) is 29.5 Å². The maximum Gasteiger partial charge on any atom is 0.326 e. The highest BCUT2D eigenvalue weighted by Crippen LogP contribution is 2.11. The molecule has 1 aliphatic heterocycles. The summed E-state index contributed by atoms with van der Waals surface area (Å²) in [6.45, 7) is 1.39. The summed E-state index contributed by atoms with van der Waals surface area (Å²) < 4.78 is 0. The summed E-state index contributed by atoms with van der Waals surface area (Å²) in [7, 11) is 0. The molecule has 0 saturated carbocycles. The van der Waals surface area contributed by atoms with Crippen LogP contribution in [0.25, 0.3) is 0 Å². The van der Waals surface area contributed by atoms with E-state index in [0.29, 0.717) is 19.5 Å². The molecule has 0 atom stereocenters. The van der Waals surface area contributed by atoms with Crippen LogP contribution in [0.3, 0.4) is 0 Å². The highest BCUT2D eigenvalue weighted by atomic mass is 16.7. The van der Waals surface area contributed by atoms with Crippen molar-refractivity contribution in [1.29, 1.82) is 0 Å². The van der Waals surface area contributed by atoms with E-state index in [9.17, 15) is 4.79 Å². The van der Waals surface area contributed by atoms with Crippen LogP contribution in [0.15, 0.2) is 30.3 Å². The lowest BCUT2D eigenvalue weighted by atomic mass is 10.2. The maximum atomic E-state index is 10.8. The Balaban J connectivity index is 1.96. The molecule has 2 rings (SSSR count). The Morgan fingerprint density at radius 1 is 1.31 bits per heavy atom. The summed E-state index contributed by atoms with van der Waals surface area (Å²) >= 11 is 0. The highest BCUT2D eigenvalue weighted by molar-refractivity contribution is 5.70. The Morgan fingerprint density at radius 2 is 2.08 bits per heavy atom. The van der Waals surface area contributed by atoms with Crippen molar-refractivity contribution in [2.24, 2.45) is 0 Å². The average molecular weight is 177 g/mol. The Hall–Kier alpha value is -1.35. The van der Waals surface area contributed by atoms with Gasteiger partial charge in [-0.3, -0.25) is 4.79 Å². The van der Waals surface area contributed by atoms with Gasteiger partial charge in [0.1, 0.15) is 0 Å². The molecule has 1 aromatic carbocycles. The lowest BCUT2D eigenvalue weighted by Crippen LogP contribution is -2.17. The number of carbonyl (C=O) groups excluding carboxylic acids is 1. The molecule has 0 N–H and O–H groups in total. The maximum absolute atomic E-state index is 10.8. The number of carbonyl (C=O) groups is 1. The molecule has 0 amide bonds. The molecule has 0 radical (unpaired) electrons. The Kier molecular flexibility index (Phi) is 2.27. The van der Waals surface area contributed by atoms with Crippen molar-refractivity contribution in [3.05, 3.63) is 35.9 Å². The number of hydroxylamine groups is 2. The Labute approximate surface area is 76.9 Å². The van der Waals surface area contributed by atoms with Crippen molar-refractivity contribution in [2.45, 2.75) is 13.0 Å². The first kappa shape index (κ1) is 8.26. The number of nitrogens with zero attached hydrogens (tertiary/aromatic N) is 1. The molecule has 1 fully saturated rings. The van der Waals surface area contributed by atoms with Gasteiger partial charge in [0.05, 0.1) is 13.0 Å². The first-order valence-corrected chi connectivity index (χ1v) is 4.34. The SMILES string of the molecule is O=C1CCN(Cc2ccccc2)O1. The van der Waals surface area contributed by atoms with Gasteiger partial charge in [0.15, 0.2) is 0 Å². The minimum Gasteiger partial charge on any atom is -0.368 e. The standard InChI is InChI=1S/C10H11NO2/c12-10-6-7-11(13-10)8-9-4-2-1-3-5-9/h1-5H,6-8H2. The molecule has 0 aliphatic carbocycles. The van der Waals surface area contributed by atoms with E-state index < -0.39 is 0 Å². The molecule has 1 aromatic rings. The molecule has 1 saturated heterocycles. The Morgan fingerprint density at radius 3 is 2.69 bits per heavy atom. The minimum absolute atomic E-state index is 0.129. The predicted molar refractivity (Wildman–Crippen MR) is 47.6 cm³/mol. The number of rotatable bonds is 2. The van der Waals surface area contributed by atoms with Crippen LogP contribution in [0.4, 0.5) is 0 Å². The van der Waals surface area contributed by atoms with E-state index in [4.69, 9.17) is 4.84 Å². The van der Waals surface area contributed by atoms with Gasteiger partial charge in [0.2, 0.25) is 0 Å². The fourth-order valence-corrected chi connectivity index (χ4v) is 1.35. The van der Waals surface area contributed by atoms with Crippen LogP contribution >= 0.6 is 0 Å². The first-order chi connectivity index (χ1) is 6.34. The van der Waals surface area contributed by atoms with Crippen molar-refractivity contribution in [3.63, 3.8) is 0 Å². The molecule has 68 valence electrons. The Bertz CT molecular complexity index is 297. The third kappa shape index (κ3) is 2.06. The van der Waals surface area contributed by atoms with Crippen LogP contribution in [0.5, 0.6) is 0 Å². The van der Waals surface area contributed by atoms with Gasteiger partial charge in [0.25, 0.3) is 0 Å². The van der Waals surface area contributed by atoms with Crippen molar-refractivity contribution < 1.29 is 9.63 Å². The monoisotopic (exact) mass is 177 g/mol. The largest absolute Gasteiger partial charge is 0.368 e. The summed E-state index contributed by atoms with van der Waals surface area (Å²) in [4.78, 5) is 15.7. The zero-order valence-corrected chi connectivity index (χ0v) is 7.27. The predicted octanol–water partition coefficient (Wildman–Crippen LogP) is 1.35. The first-order valence-electron chi connectivity index (χ1n) is 4.34. The summed E-state index contributed by atoms with van der Waals surface area (Å²) in [5.74, 6) is -0.129. The van der Waals surface area contributed by atoms with Gasteiger partial charge in [-0.15, -0.1) is 5.06 Å². The zero-order valence-electron chi connectivity index (χ0n) is 7.27. The quantitative estimate of drug-likeness (QED) is 0.683. The molecular formula is C10H11NO2. The summed E-state index contributed by atoms with van der Waals surface area (Å²) in [5, 5.41) is 1.69. The minimum atomic E-state index is -0.129. The molecular weight excluding hydrogens is 166 g/mol. The molecule has 3 nitrogen and oxygen atoms in total. The van der Waals surface area contributed by atoms with E-state index in [0.717, 1.165) is 5.56 Å². The molecule has 1 heterocycles. The second-order valence-electron chi connectivity index (χ2n) is 3.06. The lowest BCUT2D eigenvalue weighted by molar-refractivity contribution is -0.172. The van der Waals surface area contributed by atoms with Crippen LogP contribution in [0.1, 0.15) is 12.0 Å². The number of benzene rings is 1. The van der Waals surface area contributed by atoms with E-state index in [2.05, 4.69) is 0 Å². The number of hydrogen-bond donors (Lipinski definition) is 0. The third-order valence-corrected chi connectivity index (χ3v) is 2.00. The van der Waals surface area contributed by atoms with Crippen LogP contribution in [-0.2, 0) is 16.2 Å². The molecule has 0 unspecified atom stereocenters. The van der Waals surface area contributed by atoms with E-state index >= 15 is 0 Å². The number of hydrogen-bond acceptors (Lipinski definition) is 3. The highest BCUT2D eigenvalue weighted by Gasteiger charge is 2.20. The zero-order chi connectivity index (χ0) is 9.10.